The van der Waals surface area contributed by atoms with Crippen LogP contribution in [0.15, 0.2) is 50.1 Å². The summed E-state index contributed by atoms with van der Waals surface area (Å²) in [4.78, 5) is 25.8. The quantitative estimate of drug-likeness (QED) is 0.492. The summed E-state index contributed by atoms with van der Waals surface area (Å²) in [7, 11) is 0. The Kier molecular flexibility index (Phi) is 5.81. The fourth-order valence-corrected chi connectivity index (χ4v) is 3.91. The SMILES string of the molecule is CCCCOc1ccc(C2NC(=O)c3oc4ccc(Br)cc4c(=O)c32)cc1OCC. The third-order valence-corrected chi connectivity index (χ3v) is 5.51. The average molecular weight is 472 g/mol. The summed E-state index contributed by atoms with van der Waals surface area (Å²) in [5.41, 5.74) is 1.20. The van der Waals surface area contributed by atoms with Crippen molar-refractivity contribution >= 4 is 32.8 Å². The second kappa shape index (κ2) is 8.52. The lowest BCUT2D eigenvalue weighted by Crippen LogP contribution is -2.22. The van der Waals surface area contributed by atoms with Crippen LogP contribution in [0.4, 0.5) is 0 Å². The molecule has 0 fully saturated rings. The van der Waals surface area contributed by atoms with Crippen LogP contribution in [0.1, 0.15) is 54.4 Å². The molecule has 0 radical (unpaired) electrons. The first-order valence-corrected chi connectivity index (χ1v) is 10.8. The lowest BCUT2D eigenvalue weighted by Gasteiger charge is -2.16. The van der Waals surface area contributed by atoms with Gasteiger partial charge < -0.3 is 19.2 Å². The van der Waals surface area contributed by atoms with Crippen LogP contribution < -0.4 is 20.2 Å². The molecule has 1 unspecified atom stereocenters. The van der Waals surface area contributed by atoms with Gasteiger partial charge in [0.25, 0.3) is 5.91 Å². The van der Waals surface area contributed by atoms with Gasteiger partial charge >= 0.3 is 0 Å². The number of halogens is 1. The predicted molar refractivity (Wildman–Crippen MR) is 118 cm³/mol. The second-order valence-corrected chi connectivity index (χ2v) is 7.98. The number of unbranched alkanes of at least 4 members (excludes halogenated alkanes) is 1. The number of carbonyl (C=O) groups excluding carboxylic acids is 1. The fourth-order valence-electron chi connectivity index (χ4n) is 3.55. The predicted octanol–water partition coefficient (Wildman–Crippen LogP) is 4.97. The molecule has 2 heterocycles. The lowest BCUT2D eigenvalue weighted by molar-refractivity contribution is 0.0938. The zero-order valence-corrected chi connectivity index (χ0v) is 18.4. The number of ether oxygens (including phenoxy) is 2. The Morgan fingerprint density at radius 3 is 2.67 bits per heavy atom. The van der Waals surface area contributed by atoms with Gasteiger partial charge in [0, 0.05) is 4.47 Å². The molecular formula is C23H22BrNO5. The van der Waals surface area contributed by atoms with Gasteiger partial charge in [0.05, 0.1) is 30.2 Å². The highest BCUT2D eigenvalue weighted by Crippen LogP contribution is 2.36. The first-order chi connectivity index (χ1) is 14.5. The van der Waals surface area contributed by atoms with Crippen molar-refractivity contribution in [2.24, 2.45) is 0 Å². The molecule has 1 aliphatic heterocycles. The highest BCUT2D eigenvalue weighted by molar-refractivity contribution is 9.10. The molecule has 0 bridgehead atoms. The summed E-state index contributed by atoms with van der Waals surface area (Å²) >= 11 is 3.39. The first kappa shape index (κ1) is 20.5. The van der Waals surface area contributed by atoms with Crippen molar-refractivity contribution < 1.29 is 18.7 Å². The minimum atomic E-state index is -0.615. The maximum atomic E-state index is 13.2. The Morgan fingerprint density at radius 2 is 1.90 bits per heavy atom. The first-order valence-electron chi connectivity index (χ1n) is 10.00. The van der Waals surface area contributed by atoms with Gasteiger partial charge in [0.15, 0.2) is 16.9 Å². The standard InChI is InChI=1S/C23H22BrNO5/c1-3-5-10-29-17-8-6-13(11-18(17)28-4-2)20-19-21(26)15-12-14(24)7-9-16(15)30-22(19)23(27)25-20/h6-9,11-12,20H,3-5,10H2,1-2H3,(H,25,27). The van der Waals surface area contributed by atoms with Gasteiger partial charge in [-0.25, -0.2) is 0 Å². The minimum Gasteiger partial charge on any atom is -0.490 e. The van der Waals surface area contributed by atoms with Gasteiger partial charge in [-0.3, -0.25) is 9.59 Å². The second-order valence-electron chi connectivity index (χ2n) is 7.06. The molecule has 2 aromatic carbocycles. The number of nitrogens with one attached hydrogen (secondary N) is 1. The van der Waals surface area contributed by atoms with Crippen molar-refractivity contribution in [2.75, 3.05) is 13.2 Å². The maximum absolute atomic E-state index is 13.2. The monoisotopic (exact) mass is 471 g/mol. The summed E-state index contributed by atoms with van der Waals surface area (Å²) in [6, 6.07) is 10.0. The number of fused-ring (bicyclic) bond motifs is 2. The summed E-state index contributed by atoms with van der Waals surface area (Å²) < 4.78 is 18.1. The van der Waals surface area contributed by atoms with Gasteiger partial charge in [-0.05, 0) is 49.2 Å². The summed E-state index contributed by atoms with van der Waals surface area (Å²) in [5, 5.41) is 3.29. The molecule has 3 aromatic rings. The number of carbonyl (C=O) groups is 1. The van der Waals surface area contributed by atoms with Crippen molar-refractivity contribution in [1.29, 1.82) is 0 Å². The van der Waals surface area contributed by atoms with Gasteiger partial charge in [-0.1, -0.05) is 35.3 Å². The minimum absolute atomic E-state index is 0.0565. The van der Waals surface area contributed by atoms with Crippen LogP contribution in [-0.2, 0) is 0 Å². The van der Waals surface area contributed by atoms with E-state index in [0.717, 1.165) is 22.9 Å². The van der Waals surface area contributed by atoms with E-state index in [4.69, 9.17) is 13.9 Å². The molecule has 1 atom stereocenters. The van der Waals surface area contributed by atoms with Gasteiger partial charge in [0.2, 0.25) is 5.76 Å². The van der Waals surface area contributed by atoms with E-state index in [2.05, 4.69) is 28.2 Å². The molecule has 0 aliphatic carbocycles. The molecule has 1 aromatic heterocycles. The average Bonchev–Trinajstić information content (AvgIpc) is 3.07. The largest absolute Gasteiger partial charge is 0.490 e. The zero-order chi connectivity index (χ0) is 21.3. The topological polar surface area (TPSA) is 77.8 Å². The van der Waals surface area contributed by atoms with Crippen LogP contribution in [0.2, 0.25) is 0 Å². The molecule has 1 amide bonds. The fraction of sp³-hybridized carbons (Fsp3) is 0.304. The van der Waals surface area contributed by atoms with E-state index in [0.29, 0.717) is 41.2 Å². The van der Waals surface area contributed by atoms with Crippen LogP contribution in [0.5, 0.6) is 11.5 Å². The number of hydrogen-bond acceptors (Lipinski definition) is 5. The van der Waals surface area contributed by atoms with E-state index in [9.17, 15) is 9.59 Å². The number of rotatable bonds is 7. The van der Waals surface area contributed by atoms with Crippen molar-refractivity contribution in [3.05, 3.63) is 68.0 Å². The number of amides is 1. The molecule has 4 rings (SSSR count). The van der Waals surface area contributed by atoms with E-state index in [1.165, 1.54) is 0 Å². The van der Waals surface area contributed by atoms with Gasteiger partial charge in [-0.2, -0.15) is 0 Å². The highest BCUT2D eigenvalue weighted by atomic mass is 79.9. The Balaban J connectivity index is 1.78. The summed E-state index contributed by atoms with van der Waals surface area (Å²) in [5.74, 6) is 0.883. The summed E-state index contributed by atoms with van der Waals surface area (Å²) in [6.07, 6.45) is 1.98. The normalized spacial score (nSPS) is 15.2. The molecule has 0 saturated heterocycles. The van der Waals surface area contributed by atoms with E-state index in [-0.39, 0.29) is 11.2 Å². The molecule has 0 spiro atoms. The lowest BCUT2D eigenvalue weighted by atomic mass is 9.99. The molecule has 0 saturated carbocycles. The van der Waals surface area contributed by atoms with E-state index >= 15 is 0 Å². The van der Waals surface area contributed by atoms with Crippen LogP contribution in [0.25, 0.3) is 11.0 Å². The van der Waals surface area contributed by atoms with E-state index in [1.807, 2.05) is 25.1 Å². The van der Waals surface area contributed by atoms with Crippen molar-refractivity contribution in [1.82, 2.24) is 5.32 Å². The third kappa shape index (κ3) is 3.69. The van der Waals surface area contributed by atoms with Crippen LogP contribution in [0.3, 0.4) is 0 Å². The molecular weight excluding hydrogens is 450 g/mol. The Morgan fingerprint density at radius 1 is 1.07 bits per heavy atom. The van der Waals surface area contributed by atoms with Crippen LogP contribution >= 0.6 is 15.9 Å². The molecule has 156 valence electrons. The molecule has 1 N–H and O–H groups in total. The highest BCUT2D eigenvalue weighted by Gasteiger charge is 2.36. The van der Waals surface area contributed by atoms with Crippen molar-refractivity contribution in [3.63, 3.8) is 0 Å². The van der Waals surface area contributed by atoms with Crippen molar-refractivity contribution in [3.8, 4) is 11.5 Å². The molecule has 1 aliphatic rings. The summed E-state index contributed by atoms with van der Waals surface area (Å²) in [6.45, 7) is 5.07. The zero-order valence-electron chi connectivity index (χ0n) is 16.8. The Bertz CT molecular complexity index is 1170. The van der Waals surface area contributed by atoms with E-state index < -0.39 is 11.9 Å². The van der Waals surface area contributed by atoms with Crippen LogP contribution in [-0.4, -0.2) is 19.1 Å². The molecule has 30 heavy (non-hydrogen) atoms. The number of benzene rings is 2. The smallest absolute Gasteiger partial charge is 0.288 e. The Labute approximate surface area is 182 Å². The van der Waals surface area contributed by atoms with Crippen LogP contribution in [0, 0.1) is 0 Å². The van der Waals surface area contributed by atoms with Gasteiger partial charge in [-0.15, -0.1) is 0 Å². The molecule has 7 heteroatoms. The number of hydrogen-bond donors (Lipinski definition) is 1. The Hall–Kier alpha value is -2.80. The van der Waals surface area contributed by atoms with E-state index in [1.54, 1.807) is 18.2 Å². The third-order valence-electron chi connectivity index (χ3n) is 5.01. The van der Waals surface area contributed by atoms with Crippen molar-refractivity contribution in [2.45, 2.75) is 32.7 Å². The van der Waals surface area contributed by atoms with Gasteiger partial charge in [0.1, 0.15) is 5.58 Å². The maximum Gasteiger partial charge on any atom is 0.288 e. The molecule has 6 nitrogen and oxygen atoms in total.